The van der Waals surface area contributed by atoms with Gasteiger partial charge in [-0.25, -0.2) is 4.98 Å². The Kier molecular flexibility index (Phi) is 7.10. The highest BCUT2D eigenvalue weighted by atomic mass is 15.2. The molecule has 9 aromatic rings. The van der Waals surface area contributed by atoms with Crippen LogP contribution < -0.4 is 52.4 Å². The van der Waals surface area contributed by atoms with Crippen molar-refractivity contribution in [1.29, 1.82) is 0 Å². The number of anilines is 12. The zero-order chi connectivity index (χ0) is 39.3. The average molecular weight is 765 g/mol. The lowest BCUT2D eigenvalue weighted by Gasteiger charge is -2.46. The van der Waals surface area contributed by atoms with Crippen LogP contribution in [0, 0.1) is 0 Å². The van der Waals surface area contributed by atoms with E-state index in [9.17, 15) is 0 Å². The number of aromatic nitrogens is 2. The van der Waals surface area contributed by atoms with Crippen molar-refractivity contribution in [3.05, 3.63) is 207 Å². The van der Waals surface area contributed by atoms with Gasteiger partial charge in [-0.3, -0.25) is 9.88 Å². The van der Waals surface area contributed by atoms with Crippen molar-refractivity contribution in [2.24, 2.45) is 0 Å². The molecule has 0 atom stereocenters. The van der Waals surface area contributed by atoms with Crippen LogP contribution in [-0.4, -0.2) is 23.4 Å². The number of pyridine rings is 2. The molecule has 7 aromatic carbocycles. The first kappa shape index (κ1) is 33.2. The van der Waals surface area contributed by atoms with E-state index in [0.717, 1.165) is 57.0 Å². The topological polar surface area (TPSA) is 38.7 Å². The Hall–Kier alpha value is -7.83. The molecule has 6 heterocycles. The molecule has 0 saturated heterocycles. The van der Waals surface area contributed by atoms with Crippen molar-refractivity contribution in [3.63, 3.8) is 0 Å². The maximum atomic E-state index is 5.29. The summed E-state index contributed by atoms with van der Waals surface area (Å²) in [6.45, 7) is -0.139. The molecule has 0 saturated carbocycles. The third kappa shape index (κ3) is 4.61. The van der Waals surface area contributed by atoms with Gasteiger partial charge in [0.1, 0.15) is 5.82 Å². The van der Waals surface area contributed by atoms with Crippen molar-refractivity contribution in [2.75, 3.05) is 19.6 Å². The first-order valence-electron chi connectivity index (χ1n) is 20.6. The van der Waals surface area contributed by atoms with E-state index in [1.54, 1.807) is 0 Å². The van der Waals surface area contributed by atoms with Crippen LogP contribution >= 0.6 is 0 Å². The normalized spacial score (nSPS) is 13.8. The van der Waals surface area contributed by atoms with Gasteiger partial charge in [-0.2, -0.15) is 0 Å². The van der Waals surface area contributed by atoms with E-state index in [2.05, 4.69) is 214 Å². The Morgan fingerprint density at radius 3 is 1.38 bits per heavy atom. The lowest BCUT2D eigenvalue weighted by Crippen LogP contribution is -2.65. The van der Waals surface area contributed by atoms with E-state index in [4.69, 9.17) is 9.97 Å². The van der Waals surface area contributed by atoms with Gasteiger partial charge in [0.05, 0.1) is 0 Å². The summed E-state index contributed by atoms with van der Waals surface area (Å²) in [6.07, 6.45) is 6.00. The fraction of sp³-hybridized carbons (Fsp3) is 0. The summed E-state index contributed by atoms with van der Waals surface area (Å²) in [4.78, 5) is 19.8. The largest absolute Gasteiger partial charge is 0.311 e. The lowest BCUT2D eigenvalue weighted by atomic mass is 9.30. The molecule has 0 aliphatic carbocycles. The monoisotopic (exact) mass is 764 g/mol. The average Bonchev–Trinajstić information content (AvgIpc) is 3.32. The van der Waals surface area contributed by atoms with E-state index in [-0.39, 0.29) is 13.4 Å². The Labute approximate surface area is 349 Å². The van der Waals surface area contributed by atoms with Crippen LogP contribution in [0.25, 0.3) is 0 Å². The molecular formula is C52H34B2N6. The molecule has 4 aliphatic heterocycles. The van der Waals surface area contributed by atoms with E-state index >= 15 is 0 Å². The molecule has 0 spiro atoms. The summed E-state index contributed by atoms with van der Waals surface area (Å²) in [5.74, 6) is 0.946. The lowest BCUT2D eigenvalue weighted by molar-refractivity contribution is 1.17. The van der Waals surface area contributed by atoms with Gasteiger partial charge in [-0.15, -0.1) is 0 Å². The van der Waals surface area contributed by atoms with Crippen LogP contribution in [0.15, 0.2) is 207 Å². The standard InChI is InChI=1S/C52H34B2N6/c1-5-16-35(17-6-1)57-43-25-14-13-24-39(43)53-41-32-40-48(33-49(41)60(38-22-11-4-12-23-38)52-51(53)47(57)29-31-56-52)59(37-20-9-3-10-21-37)46-27-15-26-45-50(46)54(40)42-34-55-30-28-44(42)58(45)36-18-7-2-8-19-36/h1-34H. The van der Waals surface area contributed by atoms with Gasteiger partial charge in [-0.05, 0) is 118 Å². The summed E-state index contributed by atoms with van der Waals surface area (Å²) in [5, 5.41) is 0. The summed E-state index contributed by atoms with van der Waals surface area (Å²) in [6, 6.07) is 68.1. The fourth-order valence-electron chi connectivity index (χ4n) is 10.4. The highest BCUT2D eigenvalue weighted by molar-refractivity contribution is 7.03. The van der Waals surface area contributed by atoms with Crippen LogP contribution in [0.2, 0.25) is 0 Å². The minimum Gasteiger partial charge on any atom is -0.311 e. The van der Waals surface area contributed by atoms with Crippen LogP contribution in [0.4, 0.5) is 68.4 Å². The van der Waals surface area contributed by atoms with Crippen LogP contribution in [0.3, 0.4) is 0 Å². The molecule has 60 heavy (non-hydrogen) atoms. The minimum absolute atomic E-state index is 0.0697. The number of rotatable bonds is 4. The quantitative estimate of drug-likeness (QED) is 0.167. The maximum absolute atomic E-state index is 5.29. The molecule has 4 aliphatic rings. The number of nitrogens with zero attached hydrogens (tertiary/aromatic N) is 6. The Balaban J connectivity index is 1.14. The molecule has 0 unspecified atom stereocenters. The molecule has 13 rings (SSSR count). The molecule has 8 heteroatoms. The van der Waals surface area contributed by atoms with Crippen molar-refractivity contribution < 1.29 is 0 Å². The highest BCUT2D eigenvalue weighted by Gasteiger charge is 2.48. The number of para-hydroxylation sites is 5. The number of hydrogen-bond donors (Lipinski definition) is 0. The molecule has 0 amide bonds. The molecule has 278 valence electrons. The zero-order valence-electron chi connectivity index (χ0n) is 32.5. The van der Waals surface area contributed by atoms with Crippen LogP contribution in [0.5, 0.6) is 0 Å². The molecule has 0 fully saturated rings. The summed E-state index contributed by atoms with van der Waals surface area (Å²) in [5.41, 5.74) is 19.9. The highest BCUT2D eigenvalue weighted by Crippen LogP contribution is 2.47. The van der Waals surface area contributed by atoms with Gasteiger partial charge in [0.2, 0.25) is 0 Å². The van der Waals surface area contributed by atoms with Gasteiger partial charge in [0.25, 0.3) is 13.4 Å². The van der Waals surface area contributed by atoms with Gasteiger partial charge < -0.3 is 14.7 Å². The summed E-state index contributed by atoms with van der Waals surface area (Å²) >= 11 is 0. The first-order valence-corrected chi connectivity index (χ1v) is 20.6. The van der Waals surface area contributed by atoms with Crippen molar-refractivity contribution >= 4 is 115 Å². The van der Waals surface area contributed by atoms with E-state index in [1.165, 1.54) is 44.2 Å². The van der Waals surface area contributed by atoms with E-state index < -0.39 is 0 Å². The van der Waals surface area contributed by atoms with Gasteiger partial charge in [0, 0.05) is 81.2 Å². The maximum Gasteiger partial charge on any atom is 0.254 e. The molecule has 0 bridgehead atoms. The van der Waals surface area contributed by atoms with Gasteiger partial charge in [-0.1, -0.05) is 103 Å². The second kappa shape index (κ2) is 12.8. The minimum atomic E-state index is -0.0697. The molecule has 0 N–H and O–H groups in total. The predicted molar refractivity (Wildman–Crippen MR) is 250 cm³/mol. The Morgan fingerprint density at radius 1 is 0.317 bits per heavy atom. The second-order valence-corrected chi connectivity index (χ2v) is 15.8. The number of benzene rings is 7. The molecule has 6 nitrogen and oxygen atoms in total. The van der Waals surface area contributed by atoms with Crippen LogP contribution in [-0.2, 0) is 0 Å². The second-order valence-electron chi connectivity index (χ2n) is 15.8. The summed E-state index contributed by atoms with van der Waals surface area (Å²) in [7, 11) is 0. The van der Waals surface area contributed by atoms with Crippen molar-refractivity contribution in [3.8, 4) is 0 Å². The van der Waals surface area contributed by atoms with Gasteiger partial charge in [0.15, 0.2) is 0 Å². The van der Waals surface area contributed by atoms with E-state index in [1.807, 2.05) is 12.4 Å². The Morgan fingerprint density at radius 2 is 0.767 bits per heavy atom. The smallest absolute Gasteiger partial charge is 0.254 e. The van der Waals surface area contributed by atoms with Crippen LogP contribution in [0.1, 0.15) is 0 Å². The molecule has 0 radical (unpaired) electrons. The fourth-order valence-corrected chi connectivity index (χ4v) is 10.4. The third-order valence-corrected chi connectivity index (χ3v) is 12.7. The summed E-state index contributed by atoms with van der Waals surface area (Å²) < 4.78 is 0. The van der Waals surface area contributed by atoms with E-state index in [0.29, 0.717) is 0 Å². The SMILES string of the molecule is c1ccc(N2c3ccncc3B3c4cc5c(cc4N(c4ccccc4)c4cccc2c43)N(c2ccccc2)c2nccc3c2B5c2ccccc2N3c2ccccc2)cc1. The third-order valence-electron chi connectivity index (χ3n) is 12.7. The number of fused-ring (bicyclic) bond motifs is 8. The number of hydrogen-bond acceptors (Lipinski definition) is 6. The first-order chi connectivity index (χ1) is 29.8. The molecule has 2 aromatic heterocycles. The van der Waals surface area contributed by atoms with Crippen molar-refractivity contribution in [1.82, 2.24) is 9.97 Å². The van der Waals surface area contributed by atoms with Gasteiger partial charge >= 0.3 is 0 Å². The molecular weight excluding hydrogens is 730 g/mol. The predicted octanol–water partition coefficient (Wildman–Crippen LogP) is 8.64. The Bertz CT molecular complexity index is 2940. The van der Waals surface area contributed by atoms with Crippen molar-refractivity contribution in [2.45, 2.75) is 0 Å². The zero-order valence-corrected chi connectivity index (χ0v) is 32.5.